The molecule has 0 spiro atoms. The van der Waals surface area contributed by atoms with Crippen LogP contribution in [0.3, 0.4) is 0 Å². The Morgan fingerprint density at radius 1 is 1.05 bits per heavy atom. The van der Waals surface area contributed by atoms with Crippen molar-refractivity contribution < 1.29 is 14.6 Å². The number of aliphatic hydroxyl groups excluding tert-OH is 1. The van der Waals surface area contributed by atoms with Crippen LogP contribution >= 0.6 is 11.8 Å². The first kappa shape index (κ1) is 14.6. The topological polar surface area (TPSA) is 46.5 Å². The van der Waals surface area contributed by atoms with E-state index in [1.807, 2.05) is 48.5 Å². The van der Waals surface area contributed by atoms with Crippen LogP contribution in [0, 0.1) is 0 Å². The van der Waals surface area contributed by atoms with Crippen LogP contribution in [0.1, 0.15) is 11.7 Å². The van der Waals surface area contributed by atoms with Crippen molar-refractivity contribution in [1.29, 1.82) is 0 Å². The van der Waals surface area contributed by atoms with Gasteiger partial charge in [-0.3, -0.25) is 4.79 Å². The molecule has 0 saturated carbocycles. The van der Waals surface area contributed by atoms with Crippen LogP contribution in [0.15, 0.2) is 65.6 Å². The van der Waals surface area contributed by atoms with Gasteiger partial charge in [0, 0.05) is 4.90 Å². The van der Waals surface area contributed by atoms with Gasteiger partial charge in [-0.15, -0.1) is 11.8 Å². The maximum absolute atomic E-state index is 11.9. The minimum atomic E-state index is -0.908. The number of esters is 1. The third-order valence-corrected chi connectivity index (χ3v) is 4.12. The normalized spacial score (nSPS) is 13.5. The molecule has 0 aliphatic carbocycles. The maximum atomic E-state index is 11.9. The van der Waals surface area contributed by atoms with E-state index in [0.29, 0.717) is 5.56 Å². The number of thioether (sulfide) groups is 1. The molecular weight excluding hydrogens is 272 g/mol. The highest BCUT2D eigenvalue weighted by Crippen LogP contribution is 2.32. The molecule has 4 heteroatoms. The molecule has 0 radical (unpaired) electrons. The predicted molar refractivity (Wildman–Crippen MR) is 79.5 cm³/mol. The van der Waals surface area contributed by atoms with E-state index in [1.54, 1.807) is 12.1 Å². The van der Waals surface area contributed by atoms with Gasteiger partial charge in [0.25, 0.3) is 0 Å². The summed E-state index contributed by atoms with van der Waals surface area (Å²) in [6.07, 6.45) is -0.908. The van der Waals surface area contributed by atoms with Crippen LogP contribution in [0.5, 0.6) is 0 Å². The van der Waals surface area contributed by atoms with Crippen molar-refractivity contribution in [3.8, 4) is 0 Å². The van der Waals surface area contributed by atoms with Crippen LogP contribution in [0.4, 0.5) is 0 Å². The van der Waals surface area contributed by atoms with Crippen LogP contribution in [0.25, 0.3) is 0 Å². The highest BCUT2D eigenvalue weighted by atomic mass is 32.2. The van der Waals surface area contributed by atoms with Crippen molar-refractivity contribution in [3.05, 3.63) is 66.2 Å². The Hall–Kier alpha value is -1.78. The molecule has 0 amide bonds. The first-order valence-electron chi connectivity index (χ1n) is 6.25. The number of hydrogen-bond donors (Lipinski definition) is 1. The third-order valence-electron chi connectivity index (χ3n) is 2.87. The second-order valence-electron chi connectivity index (χ2n) is 4.23. The molecule has 0 heterocycles. The zero-order valence-electron chi connectivity index (χ0n) is 11.1. The number of aliphatic hydroxyl groups is 1. The lowest BCUT2D eigenvalue weighted by atomic mass is 10.1. The average Bonchev–Trinajstić information content (AvgIpc) is 2.53. The van der Waals surface area contributed by atoms with Crippen LogP contribution < -0.4 is 0 Å². The zero-order chi connectivity index (χ0) is 14.4. The summed E-state index contributed by atoms with van der Waals surface area (Å²) in [5.41, 5.74) is 0.700. The summed E-state index contributed by atoms with van der Waals surface area (Å²) in [7, 11) is 1.33. The molecule has 0 bridgehead atoms. The number of carbonyl (C=O) groups excluding carboxylic acids is 1. The number of hydrogen-bond acceptors (Lipinski definition) is 4. The van der Waals surface area contributed by atoms with Gasteiger partial charge in [-0.2, -0.15) is 0 Å². The zero-order valence-corrected chi connectivity index (χ0v) is 11.9. The smallest absolute Gasteiger partial charge is 0.322 e. The number of carbonyl (C=O) groups is 1. The Bertz CT molecular complexity index is 542. The van der Waals surface area contributed by atoms with E-state index in [0.717, 1.165) is 4.90 Å². The Morgan fingerprint density at radius 3 is 2.15 bits per heavy atom. The Balaban J connectivity index is 2.22. The van der Waals surface area contributed by atoms with Gasteiger partial charge < -0.3 is 9.84 Å². The summed E-state index contributed by atoms with van der Waals surface area (Å²) in [5, 5.41) is 9.73. The van der Waals surface area contributed by atoms with Gasteiger partial charge in [-0.05, 0) is 17.7 Å². The van der Waals surface area contributed by atoms with Gasteiger partial charge in [0.2, 0.25) is 0 Å². The molecule has 0 saturated heterocycles. The van der Waals surface area contributed by atoms with Crippen molar-refractivity contribution in [1.82, 2.24) is 0 Å². The van der Waals surface area contributed by atoms with Gasteiger partial charge in [0.15, 0.2) is 0 Å². The van der Waals surface area contributed by atoms with E-state index in [2.05, 4.69) is 0 Å². The van der Waals surface area contributed by atoms with Gasteiger partial charge in [-0.1, -0.05) is 48.5 Å². The summed E-state index contributed by atoms with van der Waals surface area (Å²) in [6, 6.07) is 18.6. The lowest BCUT2D eigenvalue weighted by molar-refractivity contribution is -0.142. The van der Waals surface area contributed by atoms with Gasteiger partial charge in [-0.25, -0.2) is 0 Å². The molecule has 2 aromatic rings. The van der Waals surface area contributed by atoms with Crippen LogP contribution in [-0.4, -0.2) is 23.4 Å². The van der Waals surface area contributed by atoms with Crippen molar-refractivity contribution in [2.75, 3.05) is 7.11 Å². The quantitative estimate of drug-likeness (QED) is 0.678. The molecule has 20 heavy (non-hydrogen) atoms. The second-order valence-corrected chi connectivity index (χ2v) is 5.45. The highest BCUT2D eigenvalue weighted by molar-refractivity contribution is 8.00. The molecule has 104 valence electrons. The monoisotopic (exact) mass is 288 g/mol. The first-order chi connectivity index (χ1) is 9.72. The molecule has 0 fully saturated rings. The molecule has 2 aromatic carbocycles. The summed E-state index contributed by atoms with van der Waals surface area (Å²) in [6.45, 7) is 0. The van der Waals surface area contributed by atoms with E-state index in [1.165, 1.54) is 18.9 Å². The number of ether oxygens (including phenoxy) is 1. The standard InChI is InChI=1S/C16H16O3S/c1-19-16(18)15(20-13-10-6-3-7-11-13)14(17)12-8-4-2-5-9-12/h2-11,14-15,17H,1H3/t14-,15+/m0/s1. The van der Waals surface area contributed by atoms with E-state index < -0.39 is 17.3 Å². The minimum absolute atomic E-state index is 0.435. The molecule has 0 aromatic heterocycles. The fourth-order valence-corrected chi connectivity index (χ4v) is 2.91. The van der Waals surface area contributed by atoms with E-state index in [9.17, 15) is 9.90 Å². The Morgan fingerprint density at radius 2 is 1.60 bits per heavy atom. The number of rotatable bonds is 5. The van der Waals surface area contributed by atoms with Crippen molar-refractivity contribution in [2.24, 2.45) is 0 Å². The second kappa shape index (κ2) is 7.12. The van der Waals surface area contributed by atoms with Gasteiger partial charge >= 0.3 is 5.97 Å². The van der Waals surface area contributed by atoms with E-state index in [-0.39, 0.29) is 0 Å². The molecule has 0 unspecified atom stereocenters. The lowest BCUT2D eigenvalue weighted by Gasteiger charge is -2.20. The third kappa shape index (κ3) is 3.62. The van der Waals surface area contributed by atoms with Crippen LogP contribution in [0.2, 0.25) is 0 Å². The predicted octanol–water partition coefficient (Wildman–Crippen LogP) is 3.05. The number of methoxy groups -OCH3 is 1. The SMILES string of the molecule is COC(=O)[C@H](Sc1ccccc1)[C@@H](O)c1ccccc1. The fourth-order valence-electron chi connectivity index (χ4n) is 1.83. The van der Waals surface area contributed by atoms with E-state index >= 15 is 0 Å². The summed E-state index contributed by atoms with van der Waals surface area (Å²) in [4.78, 5) is 12.8. The van der Waals surface area contributed by atoms with Gasteiger partial charge in [0.1, 0.15) is 11.4 Å². The number of benzene rings is 2. The molecule has 1 N–H and O–H groups in total. The van der Waals surface area contributed by atoms with Crippen molar-refractivity contribution in [3.63, 3.8) is 0 Å². The summed E-state index contributed by atoms with van der Waals surface area (Å²) in [5.74, 6) is -0.435. The average molecular weight is 288 g/mol. The fraction of sp³-hybridized carbons (Fsp3) is 0.188. The molecule has 0 aliphatic rings. The summed E-state index contributed by atoms with van der Waals surface area (Å²) >= 11 is 1.30. The minimum Gasteiger partial charge on any atom is -0.468 e. The van der Waals surface area contributed by atoms with E-state index in [4.69, 9.17) is 4.74 Å². The Kier molecular flexibility index (Phi) is 5.21. The van der Waals surface area contributed by atoms with Gasteiger partial charge in [0.05, 0.1) is 7.11 Å². The largest absolute Gasteiger partial charge is 0.468 e. The first-order valence-corrected chi connectivity index (χ1v) is 7.13. The summed E-state index contributed by atoms with van der Waals surface area (Å²) < 4.78 is 4.81. The van der Waals surface area contributed by atoms with Crippen LogP contribution in [-0.2, 0) is 9.53 Å². The molecule has 0 aliphatic heterocycles. The molecule has 2 rings (SSSR count). The molecule has 2 atom stereocenters. The Labute approximate surface area is 122 Å². The van der Waals surface area contributed by atoms with Crippen molar-refractivity contribution >= 4 is 17.7 Å². The molecular formula is C16H16O3S. The molecule has 3 nitrogen and oxygen atoms in total. The lowest BCUT2D eigenvalue weighted by Crippen LogP contribution is -2.26. The highest BCUT2D eigenvalue weighted by Gasteiger charge is 2.30. The van der Waals surface area contributed by atoms with Crippen molar-refractivity contribution in [2.45, 2.75) is 16.2 Å². The maximum Gasteiger partial charge on any atom is 0.322 e.